The molecule has 0 aliphatic carbocycles. The summed E-state index contributed by atoms with van der Waals surface area (Å²) in [6.45, 7) is 0. The SMILES string of the molecule is O=C(O)CC(O)(CC(=O)O)C(=O)O.O=P([O-])([O-])OP(=O)([O-])[O-].[Ca+2].[Ca+2]. The Labute approximate surface area is 193 Å². The van der Waals surface area contributed by atoms with Crippen molar-refractivity contribution in [1.29, 1.82) is 0 Å². The third-order valence-corrected chi connectivity index (χ3v) is 3.09. The predicted octanol–water partition coefficient (Wildman–Crippen LogP) is -5.35. The molecular weight excluding hydrogens is 438 g/mol. The zero-order valence-corrected chi connectivity index (χ0v) is 17.8. The van der Waals surface area contributed by atoms with Gasteiger partial charge in [0.15, 0.2) is 5.60 Å². The van der Waals surface area contributed by atoms with Crippen molar-refractivity contribution < 1.29 is 67.8 Å². The zero-order chi connectivity index (χ0) is 18.4. The largest absolute Gasteiger partial charge is 2.00 e. The van der Waals surface area contributed by atoms with Crippen molar-refractivity contribution in [3.63, 3.8) is 0 Å². The second-order valence-electron chi connectivity index (χ2n) is 3.45. The van der Waals surface area contributed by atoms with Crippen molar-refractivity contribution in [2.45, 2.75) is 18.4 Å². The van der Waals surface area contributed by atoms with E-state index in [1.807, 2.05) is 0 Å². The van der Waals surface area contributed by atoms with Gasteiger partial charge >= 0.3 is 93.4 Å². The van der Waals surface area contributed by atoms with Gasteiger partial charge in [-0.3, -0.25) is 9.59 Å². The van der Waals surface area contributed by atoms with Crippen LogP contribution in [0.3, 0.4) is 0 Å². The van der Waals surface area contributed by atoms with Gasteiger partial charge in [-0.1, -0.05) is 0 Å². The van der Waals surface area contributed by atoms with E-state index in [1.54, 1.807) is 0 Å². The van der Waals surface area contributed by atoms with Gasteiger partial charge in [-0.05, 0) is 0 Å². The summed E-state index contributed by atoms with van der Waals surface area (Å²) in [4.78, 5) is 67.8. The van der Waals surface area contributed by atoms with E-state index in [2.05, 4.69) is 4.31 Å². The molecule has 0 rings (SSSR count). The van der Waals surface area contributed by atoms with Gasteiger partial charge in [0, 0.05) is 0 Å². The van der Waals surface area contributed by atoms with Crippen molar-refractivity contribution in [2.24, 2.45) is 0 Å². The van der Waals surface area contributed by atoms with Crippen LogP contribution >= 0.6 is 15.6 Å². The van der Waals surface area contributed by atoms with Crippen LogP contribution in [0, 0.1) is 0 Å². The predicted molar refractivity (Wildman–Crippen MR) is 64.9 cm³/mol. The van der Waals surface area contributed by atoms with Gasteiger partial charge in [0.05, 0.1) is 28.5 Å². The first-order chi connectivity index (χ1) is 9.48. The van der Waals surface area contributed by atoms with Crippen LogP contribution < -0.4 is 19.6 Å². The fourth-order valence-electron chi connectivity index (χ4n) is 0.837. The van der Waals surface area contributed by atoms with Crippen LogP contribution in [0.25, 0.3) is 0 Å². The topological polar surface area (TPSA) is 268 Å². The second kappa shape index (κ2) is 13.3. The van der Waals surface area contributed by atoms with Crippen molar-refractivity contribution in [1.82, 2.24) is 0 Å². The summed E-state index contributed by atoms with van der Waals surface area (Å²) >= 11 is 0. The van der Waals surface area contributed by atoms with Gasteiger partial charge in [0.1, 0.15) is 0 Å². The van der Waals surface area contributed by atoms with Crippen molar-refractivity contribution in [2.75, 3.05) is 0 Å². The third-order valence-electron chi connectivity index (χ3n) is 1.49. The molecule has 0 saturated heterocycles. The molecule has 0 aliphatic rings. The number of aliphatic carboxylic acids is 3. The van der Waals surface area contributed by atoms with Gasteiger partial charge in [-0.25, -0.2) is 4.79 Å². The molecule has 0 unspecified atom stereocenters. The van der Waals surface area contributed by atoms with E-state index in [4.69, 9.17) is 20.4 Å². The number of hydrogen-bond donors (Lipinski definition) is 4. The zero-order valence-electron chi connectivity index (χ0n) is 11.6. The molecule has 0 bridgehead atoms. The summed E-state index contributed by atoms with van der Waals surface area (Å²) in [6, 6.07) is 0. The van der Waals surface area contributed by atoms with Crippen molar-refractivity contribution in [3.05, 3.63) is 0 Å². The first-order valence-electron chi connectivity index (χ1n) is 4.63. The molecule has 0 atom stereocenters. The summed E-state index contributed by atoms with van der Waals surface area (Å²) in [5.41, 5.74) is -2.74. The van der Waals surface area contributed by atoms with Gasteiger partial charge in [-0.15, -0.1) is 0 Å². The maximum Gasteiger partial charge on any atom is 2.00 e. The maximum absolute atomic E-state index is 10.3. The fourth-order valence-corrected chi connectivity index (χ4v) is 1.82. The maximum atomic E-state index is 10.3. The van der Waals surface area contributed by atoms with E-state index in [0.29, 0.717) is 0 Å². The standard InChI is InChI=1S/C6H8O7.2Ca.H4O7P2/c7-3(8)1-6(13,5(11)12)2-4(9)10;;;1-8(2,3)7-9(4,5)6/h13H,1-2H2,(H,7,8)(H,9,10)(H,11,12);;;(H2,1,2,3)(H2,4,5,6)/q;2*+2;/p-4. The summed E-state index contributed by atoms with van der Waals surface area (Å²) < 4.78 is 21.2. The van der Waals surface area contributed by atoms with Gasteiger partial charge in [0.2, 0.25) is 0 Å². The number of hydrogen-bond acceptors (Lipinski definition) is 11. The average molecular weight is 446 g/mol. The van der Waals surface area contributed by atoms with E-state index in [9.17, 15) is 43.1 Å². The Morgan fingerprint density at radius 1 is 0.833 bits per heavy atom. The minimum absolute atomic E-state index is 0. The summed E-state index contributed by atoms with van der Waals surface area (Å²) in [5, 5.41) is 33.8. The Balaban J connectivity index is -0.000000162. The van der Waals surface area contributed by atoms with Crippen LogP contribution in [0.15, 0.2) is 0 Å². The number of carboxylic acids is 3. The van der Waals surface area contributed by atoms with Crippen molar-refractivity contribution >= 4 is 109 Å². The Morgan fingerprint density at radius 2 is 1.08 bits per heavy atom. The van der Waals surface area contributed by atoms with E-state index in [1.165, 1.54) is 0 Å². The molecule has 0 aromatic carbocycles. The van der Waals surface area contributed by atoms with Gasteiger partial charge in [0.25, 0.3) is 0 Å². The number of carbonyl (C=O) groups is 3. The van der Waals surface area contributed by atoms with Crippen LogP contribution in [-0.2, 0) is 27.8 Å². The number of carboxylic acid groups (broad SMARTS) is 3. The Bertz CT molecular complexity index is 485. The molecule has 14 nitrogen and oxygen atoms in total. The van der Waals surface area contributed by atoms with Gasteiger partial charge in [-0.2, -0.15) is 0 Å². The van der Waals surface area contributed by atoms with Crippen LogP contribution in [0.5, 0.6) is 0 Å². The third kappa shape index (κ3) is 21.2. The van der Waals surface area contributed by atoms with E-state index in [-0.39, 0.29) is 75.5 Å². The van der Waals surface area contributed by atoms with E-state index < -0.39 is 52.0 Å². The Kier molecular flexibility index (Phi) is 18.2. The molecular formula is C6H8Ca2O14P2. The molecule has 0 heterocycles. The second-order valence-corrected chi connectivity index (χ2v) is 5.90. The van der Waals surface area contributed by atoms with E-state index >= 15 is 0 Å². The van der Waals surface area contributed by atoms with Crippen LogP contribution in [-0.4, -0.2) is 119 Å². The Hall–Kier alpha value is 1.15. The van der Waals surface area contributed by atoms with Crippen molar-refractivity contribution in [3.8, 4) is 0 Å². The summed E-state index contributed by atoms with van der Waals surface area (Å²) in [7, 11) is -11.4. The summed E-state index contributed by atoms with van der Waals surface area (Å²) in [6.07, 6.45) is -2.29. The molecule has 0 saturated carbocycles. The fraction of sp³-hybridized carbons (Fsp3) is 0.500. The normalized spacial score (nSPS) is 11.0. The molecule has 0 radical (unpaired) electrons. The molecule has 18 heteroatoms. The minimum atomic E-state index is -5.68. The molecule has 0 aliphatic heterocycles. The first-order valence-corrected chi connectivity index (χ1v) is 7.55. The molecule has 0 aromatic rings. The molecule has 4 N–H and O–H groups in total. The van der Waals surface area contributed by atoms with E-state index in [0.717, 1.165) is 0 Å². The minimum Gasteiger partial charge on any atom is -0.790 e. The molecule has 0 fully saturated rings. The molecule has 0 aromatic heterocycles. The molecule has 0 amide bonds. The Morgan fingerprint density at radius 3 is 1.17 bits per heavy atom. The number of phosphoric acid groups is 2. The number of aliphatic hydroxyl groups is 1. The van der Waals surface area contributed by atoms with Gasteiger partial charge < -0.3 is 53.4 Å². The van der Waals surface area contributed by atoms with Crippen LogP contribution in [0.4, 0.5) is 0 Å². The quantitative estimate of drug-likeness (QED) is 0.210. The number of rotatable bonds is 7. The van der Waals surface area contributed by atoms with Crippen LogP contribution in [0.1, 0.15) is 12.8 Å². The molecule has 130 valence electrons. The molecule has 24 heavy (non-hydrogen) atoms. The first kappa shape index (κ1) is 32.8. The monoisotopic (exact) mass is 446 g/mol. The molecule has 0 spiro atoms. The average Bonchev–Trinajstić information content (AvgIpc) is 2.08. The smallest absolute Gasteiger partial charge is 0.790 e. The summed E-state index contributed by atoms with van der Waals surface area (Å²) in [5.74, 6) is -5.02. The van der Waals surface area contributed by atoms with Crippen LogP contribution in [0.2, 0.25) is 0 Å².